The van der Waals surface area contributed by atoms with Crippen molar-refractivity contribution >= 4 is 5.57 Å². The van der Waals surface area contributed by atoms with E-state index in [1.807, 2.05) is 13.8 Å². The zero-order valence-electron chi connectivity index (χ0n) is 7.79. The summed E-state index contributed by atoms with van der Waals surface area (Å²) >= 11 is 0. The summed E-state index contributed by atoms with van der Waals surface area (Å²) in [7, 11) is 0. The molecule has 66 valence electrons. The van der Waals surface area contributed by atoms with Crippen molar-refractivity contribution in [2.75, 3.05) is 0 Å². The zero-order chi connectivity index (χ0) is 8.97. The molecule has 0 aromatic carbocycles. The fourth-order valence-electron chi connectivity index (χ4n) is 0.951. The predicted octanol–water partition coefficient (Wildman–Crippen LogP) is 2.45. The second kappa shape index (κ2) is 4.04. The third kappa shape index (κ3) is 1.94. The highest BCUT2D eigenvalue weighted by Crippen LogP contribution is 2.11. The van der Waals surface area contributed by atoms with Gasteiger partial charge in [-0.05, 0) is 13.3 Å². The van der Waals surface area contributed by atoms with Gasteiger partial charge in [-0.2, -0.15) is 4.98 Å². The molecule has 0 atom stereocenters. The van der Waals surface area contributed by atoms with Crippen LogP contribution in [0.4, 0.5) is 0 Å². The lowest BCUT2D eigenvalue weighted by atomic mass is 10.2. The van der Waals surface area contributed by atoms with Crippen LogP contribution in [0.25, 0.3) is 5.57 Å². The average molecular weight is 166 g/mol. The molecule has 0 radical (unpaired) electrons. The molecular weight excluding hydrogens is 152 g/mol. The third-order valence-corrected chi connectivity index (χ3v) is 1.63. The average Bonchev–Trinajstić information content (AvgIpc) is 2.52. The van der Waals surface area contributed by atoms with Crippen LogP contribution in [0.1, 0.15) is 38.9 Å². The summed E-state index contributed by atoms with van der Waals surface area (Å²) in [6.07, 6.45) is 3.89. The molecule has 3 nitrogen and oxygen atoms in total. The molecule has 0 fully saturated rings. The summed E-state index contributed by atoms with van der Waals surface area (Å²) in [4.78, 5) is 4.20. The fraction of sp³-hybridized carbons (Fsp3) is 0.556. The normalized spacial score (nSPS) is 12.1. The molecule has 1 rings (SSSR count). The topological polar surface area (TPSA) is 38.9 Å². The van der Waals surface area contributed by atoms with Gasteiger partial charge in [-0.1, -0.05) is 25.1 Å². The molecule has 0 saturated carbocycles. The number of nitrogens with zero attached hydrogens (tertiary/aromatic N) is 2. The fourth-order valence-corrected chi connectivity index (χ4v) is 0.951. The van der Waals surface area contributed by atoms with Gasteiger partial charge in [0.2, 0.25) is 0 Å². The summed E-state index contributed by atoms with van der Waals surface area (Å²) in [5, 5.41) is 3.81. The van der Waals surface area contributed by atoms with Crippen LogP contribution >= 0.6 is 0 Å². The van der Waals surface area contributed by atoms with E-state index in [1.165, 1.54) is 0 Å². The molecule has 1 aromatic heterocycles. The highest BCUT2D eigenvalue weighted by molar-refractivity contribution is 5.55. The van der Waals surface area contributed by atoms with E-state index in [4.69, 9.17) is 4.52 Å². The minimum absolute atomic E-state index is 0.647. The summed E-state index contributed by atoms with van der Waals surface area (Å²) < 4.78 is 5.04. The molecule has 0 aliphatic carbocycles. The zero-order valence-corrected chi connectivity index (χ0v) is 7.79. The van der Waals surface area contributed by atoms with Crippen LogP contribution in [-0.2, 0) is 6.42 Å². The van der Waals surface area contributed by atoms with Gasteiger partial charge in [-0.3, -0.25) is 0 Å². The van der Waals surface area contributed by atoms with Crippen LogP contribution in [0.15, 0.2) is 10.6 Å². The van der Waals surface area contributed by atoms with Crippen molar-refractivity contribution in [1.29, 1.82) is 0 Å². The van der Waals surface area contributed by atoms with Crippen molar-refractivity contribution in [3.63, 3.8) is 0 Å². The van der Waals surface area contributed by atoms with Gasteiger partial charge in [0.25, 0.3) is 5.89 Å². The maximum atomic E-state index is 5.04. The van der Waals surface area contributed by atoms with Crippen LogP contribution in [0, 0.1) is 0 Å². The highest BCUT2D eigenvalue weighted by atomic mass is 16.5. The van der Waals surface area contributed by atoms with Crippen LogP contribution in [-0.4, -0.2) is 10.1 Å². The standard InChI is InChI=1S/C9H14N2O/c1-4-6-7(3)9-10-8(5-2)11-12-9/h6H,4-5H2,1-3H3/b7-6-. The monoisotopic (exact) mass is 166 g/mol. The molecule has 0 N–H and O–H groups in total. The van der Waals surface area contributed by atoms with Crippen LogP contribution < -0.4 is 0 Å². The van der Waals surface area contributed by atoms with E-state index in [2.05, 4.69) is 23.1 Å². The van der Waals surface area contributed by atoms with Gasteiger partial charge in [0, 0.05) is 12.0 Å². The first-order valence-electron chi connectivity index (χ1n) is 4.27. The Labute approximate surface area is 72.5 Å². The lowest BCUT2D eigenvalue weighted by Gasteiger charge is -1.89. The summed E-state index contributed by atoms with van der Waals surface area (Å²) in [5.74, 6) is 1.42. The largest absolute Gasteiger partial charge is 0.334 e. The predicted molar refractivity (Wildman–Crippen MR) is 47.6 cm³/mol. The van der Waals surface area contributed by atoms with Crippen LogP contribution in [0.2, 0.25) is 0 Å². The maximum Gasteiger partial charge on any atom is 0.253 e. The molecule has 0 bridgehead atoms. The molecule has 0 saturated heterocycles. The summed E-state index contributed by atoms with van der Waals surface area (Å²) in [5.41, 5.74) is 1.06. The van der Waals surface area contributed by atoms with E-state index < -0.39 is 0 Å². The number of allylic oxidation sites excluding steroid dienone is 2. The van der Waals surface area contributed by atoms with Gasteiger partial charge >= 0.3 is 0 Å². The Hall–Kier alpha value is -1.12. The second-order valence-corrected chi connectivity index (χ2v) is 2.66. The molecule has 3 heteroatoms. The molecule has 0 amide bonds. The van der Waals surface area contributed by atoms with Gasteiger partial charge in [0.15, 0.2) is 5.82 Å². The summed E-state index contributed by atoms with van der Waals surface area (Å²) in [6, 6.07) is 0. The number of hydrogen-bond acceptors (Lipinski definition) is 3. The van der Waals surface area contributed by atoms with Crippen molar-refractivity contribution in [2.45, 2.75) is 33.6 Å². The lowest BCUT2D eigenvalue weighted by Crippen LogP contribution is -1.83. The quantitative estimate of drug-likeness (QED) is 0.692. The molecule has 1 heterocycles. The number of aryl methyl sites for hydroxylation is 1. The van der Waals surface area contributed by atoms with Gasteiger partial charge in [0.1, 0.15) is 0 Å². The smallest absolute Gasteiger partial charge is 0.253 e. The molecular formula is C9H14N2O. The van der Waals surface area contributed by atoms with E-state index in [0.29, 0.717) is 5.89 Å². The molecule has 12 heavy (non-hydrogen) atoms. The van der Waals surface area contributed by atoms with Gasteiger partial charge < -0.3 is 4.52 Å². The SMILES string of the molecule is CC/C=C(/C)c1nc(CC)no1. The molecule has 0 spiro atoms. The molecule has 1 aromatic rings. The summed E-state index contributed by atoms with van der Waals surface area (Å²) in [6.45, 7) is 6.07. The first-order valence-corrected chi connectivity index (χ1v) is 4.27. The third-order valence-electron chi connectivity index (χ3n) is 1.63. The Morgan fingerprint density at radius 3 is 2.75 bits per heavy atom. The molecule has 0 aliphatic heterocycles. The van der Waals surface area contributed by atoms with Crippen LogP contribution in [0.5, 0.6) is 0 Å². The van der Waals surface area contributed by atoms with Crippen molar-refractivity contribution < 1.29 is 4.52 Å². The van der Waals surface area contributed by atoms with E-state index in [0.717, 1.165) is 24.2 Å². The second-order valence-electron chi connectivity index (χ2n) is 2.66. The number of aromatic nitrogens is 2. The molecule has 0 unspecified atom stereocenters. The Morgan fingerprint density at radius 2 is 2.25 bits per heavy atom. The van der Waals surface area contributed by atoms with E-state index in [-0.39, 0.29) is 0 Å². The Balaban J connectivity index is 2.81. The first-order chi connectivity index (χ1) is 5.77. The Morgan fingerprint density at radius 1 is 1.50 bits per heavy atom. The van der Waals surface area contributed by atoms with Gasteiger partial charge in [-0.25, -0.2) is 0 Å². The molecule has 0 aliphatic rings. The van der Waals surface area contributed by atoms with E-state index in [1.54, 1.807) is 0 Å². The number of hydrogen-bond donors (Lipinski definition) is 0. The van der Waals surface area contributed by atoms with Crippen molar-refractivity contribution in [3.8, 4) is 0 Å². The maximum absolute atomic E-state index is 5.04. The van der Waals surface area contributed by atoms with Crippen LogP contribution in [0.3, 0.4) is 0 Å². The minimum atomic E-state index is 0.647. The van der Waals surface area contributed by atoms with Gasteiger partial charge in [0.05, 0.1) is 0 Å². The van der Waals surface area contributed by atoms with Crippen molar-refractivity contribution in [2.24, 2.45) is 0 Å². The van der Waals surface area contributed by atoms with E-state index >= 15 is 0 Å². The van der Waals surface area contributed by atoms with Gasteiger partial charge in [-0.15, -0.1) is 0 Å². The Bertz CT molecular complexity index is 276. The van der Waals surface area contributed by atoms with E-state index in [9.17, 15) is 0 Å². The highest BCUT2D eigenvalue weighted by Gasteiger charge is 2.04. The number of rotatable bonds is 3. The van der Waals surface area contributed by atoms with Crippen molar-refractivity contribution in [1.82, 2.24) is 10.1 Å². The lowest BCUT2D eigenvalue weighted by molar-refractivity contribution is 0.400. The van der Waals surface area contributed by atoms with Crippen molar-refractivity contribution in [3.05, 3.63) is 17.8 Å². The Kier molecular flexibility index (Phi) is 3.02. The minimum Gasteiger partial charge on any atom is -0.334 e. The first kappa shape index (κ1) is 8.97.